The maximum atomic E-state index is 12.1. The third-order valence-corrected chi connectivity index (χ3v) is 3.87. The van der Waals surface area contributed by atoms with Gasteiger partial charge in [0.05, 0.1) is 5.54 Å². The molecule has 1 fully saturated rings. The summed E-state index contributed by atoms with van der Waals surface area (Å²) in [6.45, 7) is -1.03. The third kappa shape index (κ3) is 4.56. The molecule has 0 unspecified atom stereocenters. The van der Waals surface area contributed by atoms with Gasteiger partial charge in [0, 0.05) is 13.6 Å². The first kappa shape index (κ1) is 16.1. The fourth-order valence-corrected chi connectivity index (χ4v) is 2.57. The minimum atomic E-state index is -4.39. The molecule has 0 aromatic rings. The summed E-state index contributed by atoms with van der Waals surface area (Å²) in [4.78, 5) is 13.2. The number of amides is 2. The lowest BCUT2D eigenvalue weighted by Gasteiger charge is -2.40. The van der Waals surface area contributed by atoms with Crippen molar-refractivity contribution < 1.29 is 18.0 Å². The van der Waals surface area contributed by atoms with E-state index in [4.69, 9.17) is 5.73 Å². The van der Waals surface area contributed by atoms with Crippen LogP contribution in [0.15, 0.2) is 0 Å². The number of carbonyl (C=O) groups excluding carboxylic acids is 1. The number of urea groups is 1. The highest BCUT2D eigenvalue weighted by Crippen LogP contribution is 2.31. The van der Waals surface area contributed by atoms with Crippen LogP contribution in [-0.2, 0) is 0 Å². The first-order valence-electron chi connectivity index (χ1n) is 6.59. The summed E-state index contributed by atoms with van der Waals surface area (Å²) in [5.41, 5.74) is 5.28. The van der Waals surface area contributed by atoms with Crippen molar-refractivity contribution in [3.63, 3.8) is 0 Å². The minimum absolute atomic E-state index is 0.281. The van der Waals surface area contributed by atoms with Crippen molar-refractivity contribution in [1.82, 2.24) is 10.2 Å². The second-order valence-corrected chi connectivity index (χ2v) is 5.18. The van der Waals surface area contributed by atoms with Gasteiger partial charge in [0.15, 0.2) is 0 Å². The van der Waals surface area contributed by atoms with E-state index in [1.54, 1.807) is 0 Å². The van der Waals surface area contributed by atoms with Gasteiger partial charge in [0.2, 0.25) is 0 Å². The number of hydrogen-bond acceptors (Lipinski definition) is 2. The van der Waals surface area contributed by atoms with Crippen LogP contribution in [0.25, 0.3) is 0 Å². The van der Waals surface area contributed by atoms with E-state index in [9.17, 15) is 18.0 Å². The molecule has 112 valence electrons. The molecule has 7 heteroatoms. The van der Waals surface area contributed by atoms with Gasteiger partial charge < -0.3 is 16.0 Å². The molecule has 0 aliphatic heterocycles. The molecule has 2 amide bonds. The van der Waals surface area contributed by atoms with E-state index in [0.29, 0.717) is 0 Å². The van der Waals surface area contributed by atoms with Crippen molar-refractivity contribution in [3.8, 4) is 0 Å². The van der Waals surface area contributed by atoms with Crippen LogP contribution in [0.4, 0.5) is 18.0 Å². The highest BCUT2D eigenvalue weighted by atomic mass is 19.4. The minimum Gasteiger partial charge on any atom is -0.329 e. The van der Waals surface area contributed by atoms with Gasteiger partial charge in [-0.15, -0.1) is 0 Å². The first-order chi connectivity index (χ1) is 8.81. The summed E-state index contributed by atoms with van der Waals surface area (Å²) in [5, 5.41) is 1.91. The van der Waals surface area contributed by atoms with Gasteiger partial charge in [-0.2, -0.15) is 13.2 Å². The number of carbonyl (C=O) groups is 1. The van der Waals surface area contributed by atoms with Crippen molar-refractivity contribution in [2.45, 2.75) is 50.2 Å². The zero-order valence-electron chi connectivity index (χ0n) is 11.2. The summed E-state index contributed by atoms with van der Waals surface area (Å²) in [5.74, 6) is 0. The van der Waals surface area contributed by atoms with Crippen LogP contribution in [0, 0.1) is 0 Å². The maximum Gasteiger partial charge on any atom is 0.405 e. The number of alkyl halides is 3. The molecule has 4 nitrogen and oxygen atoms in total. The smallest absolute Gasteiger partial charge is 0.329 e. The number of nitrogens with zero attached hydrogens (tertiary/aromatic N) is 1. The maximum absolute atomic E-state index is 12.1. The Balaban J connectivity index is 2.66. The molecule has 1 aliphatic carbocycles. The molecule has 0 aromatic heterocycles. The van der Waals surface area contributed by atoms with Crippen molar-refractivity contribution in [3.05, 3.63) is 0 Å². The van der Waals surface area contributed by atoms with Gasteiger partial charge in [0.25, 0.3) is 0 Å². The van der Waals surface area contributed by atoms with E-state index in [0.717, 1.165) is 38.5 Å². The molecule has 1 rings (SSSR count). The number of halogens is 3. The van der Waals surface area contributed by atoms with Crippen LogP contribution in [0.2, 0.25) is 0 Å². The van der Waals surface area contributed by atoms with Gasteiger partial charge in [-0.25, -0.2) is 4.79 Å². The van der Waals surface area contributed by atoms with E-state index < -0.39 is 24.3 Å². The molecule has 19 heavy (non-hydrogen) atoms. The lowest BCUT2D eigenvalue weighted by molar-refractivity contribution is -0.123. The SMILES string of the molecule is CN(C(=O)NCC(F)(F)F)C1(CN)CCCCCC1. The summed E-state index contributed by atoms with van der Waals surface area (Å²) in [6, 6.07) is -0.704. The molecule has 3 N–H and O–H groups in total. The summed E-state index contributed by atoms with van der Waals surface area (Å²) in [7, 11) is 1.53. The molecule has 0 heterocycles. The van der Waals surface area contributed by atoms with Crippen LogP contribution in [0.1, 0.15) is 38.5 Å². The Hall–Kier alpha value is -0.980. The van der Waals surface area contributed by atoms with E-state index in [1.165, 1.54) is 11.9 Å². The number of likely N-dealkylation sites (N-methyl/N-ethyl adjacent to an activating group) is 1. The van der Waals surface area contributed by atoms with Crippen molar-refractivity contribution in [1.29, 1.82) is 0 Å². The third-order valence-electron chi connectivity index (χ3n) is 3.87. The molecule has 0 spiro atoms. The Morgan fingerprint density at radius 2 is 1.79 bits per heavy atom. The van der Waals surface area contributed by atoms with E-state index >= 15 is 0 Å². The second-order valence-electron chi connectivity index (χ2n) is 5.18. The van der Waals surface area contributed by atoms with Crippen LogP contribution in [-0.4, -0.2) is 42.8 Å². The zero-order chi connectivity index (χ0) is 14.5. The molecule has 0 saturated heterocycles. The van der Waals surface area contributed by atoms with E-state index in [2.05, 4.69) is 0 Å². The van der Waals surface area contributed by atoms with Gasteiger partial charge in [-0.1, -0.05) is 25.7 Å². The molecule has 1 aliphatic rings. The van der Waals surface area contributed by atoms with Crippen molar-refractivity contribution >= 4 is 6.03 Å². The molecule has 1 saturated carbocycles. The van der Waals surface area contributed by atoms with Crippen LogP contribution in [0.5, 0.6) is 0 Å². The van der Waals surface area contributed by atoms with Crippen LogP contribution < -0.4 is 11.1 Å². The lowest BCUT2D eigenvalue weighted by atomic mass is 9.89. The fourth-order valence-electron chi connectivity index (χ4n) is 2.57. The van der Waals surface area contributed by atoms with Crippen LogP contribution >= 0.6 is 0 Å². The van der Waals surface area contributed by atoms with Gasteiger partial charge in [0.1, 0.15) is 6.54 Å². The van der Waals surface area contributed by atoms with Gasteiger partial charge in [-0.3, -0.25) is 0 Å². The van der Waals surface area contributed by atoms with Gasteiger partial charge in [-0.05, 0) is 12.8 Å². The van der Waals surface area contributed by atoms with Crippen molar-refractivity contribution in [2.75, 3.05) is 20.1 Å². The normalized spacial score (nSPS) is 19.6. The van der Waals surface area contributed by atoms with E-state index in [-0.39, 0.29) is 6.54 Å². The zero-order valence-corrected chi connectivity index (χ0v) is 11.2. The topological polar surface area (TPSA) is 58.4 Å². The number of nitrogens with two attached hydrogens (primary N) is 1. The molecule has 0 bridgehead atoms. The van der Waals surface area contributed by atoms with E-state index in [1.807, 2.05) is 5.32 Å². The Labute approximate surface area is 111 Å². The Bertz CT molecular complexity index is 299. The first-order valence-corrected chi connectivity index (χ1v) is 6.59. The Kier molecular flexibility index (Phi) is 5.46. The standard InChI is InChI=1S/C12H22F3N3O/c1-18(10(19)17-9-12(13,14)15)11(8-16)6-4-2-3-5-7-11/h2-9,16H2,1H3,(H,17,19). The predicted octanol–water partition coefficient (Wildman–Crippen LogP) is 2.24. The number of hydrogen-bond donors (Lipinski definition) is 2. The average Bonchev–Trinajstić information content (AvgIpc) is 2.60. The molecule has 0 atom stereocenters. The van der Waals surface area contributed by atoms with Gasteiger partial charge >= 0.3 is 12.2 Å². The Morgan fingerprint density at radius 1 is 1.26 bits per heavy atom. The second kappa shape index (κ2) is 6.45. The molecule has 0 radical (unpaired) electrons. The number of rotatable bonds is 3. The predicted molar refractivity (Wildman–Crippen MR) is 66.7 cm³/mol. The highest BCUT2D eigenvalue weighted by molar-refractivity contribution is 5.74. The molecular formula is C12H22F3N3O. The summed E-state index contributed by atoms with van der Waals surface area (Å²) in [6.07, 6.45) is 1.18. The average molecular weight is 281 g/mol. The number of nitrogens with one attached hydrogen (secondary N) is 1. The fraction of sp³-hybridized carbons (Fsp3) is 0.917. The molecular weight excluding hydrogens is 259 g/mol. The largest absolute Gasteiger partial charge is 0.405 e. The summed E-state index contributed by atoms with van der Waals surface area (Å²) >= 11 is 0. The van der Waals surface area contributed by atoms with Crippen LogP contribution in [0.3, 0.4) is 0 Å². The lowest BCUT2D eigenvalue weighted by Crippen LogP contribution is -2.57. The Morgan fingerprint density at radius 3 is 2.21 bits per heavy atom. The quantitative estimate of drug-likeness (QED) is 0.779. The summed E-state index contributed by atoms with van der Waals surface area (Å²) < 4.78 is 36.3. The monoisotopic (exact) mass is 281 g/mol. The molecule has 0 aromatic carbocycles. The highest BCUT2D eigenvalue weighted by Gasteiger charge is 2.37. The van der Waals surface area contributed by atoms with Crippen molar-refractivity contribution in [2.24, 2.45) is 5.73 Å².